The lowest BCUT2D eigenvalue weighted by atomic mass is 9.75. The second kappa shape index (κ2) is 5.03. The molecule has 4 aliphatic rings. The first-order chi connectivity index (χ1) is 11.2. The lowest BCUT2D eigenvalue weighted by Crippen LogP contribution is -2.61. The van der Waals surface area contributed by atoms with Crippen molar-refractivity contribution in [3.8, 4) is 10.6 Å². The summed E-state index contributed by atoms with van der Waals surface area (Å²) in [6.07, 6.45) is 2.10. The van der Waals surface area contributed by atoms with Crippen molar-refractivity contribution in [3.05, 3.63) is 22.3 Å². The van der Waals surface area contributed by atoms with Gasteiger partial charge in [-0.1, -0.05) is 0 Å². The fourth-order valence-corrected chi connectivity index (χ4v) is 5.64. The number of amides is 1. The van der Waals surface area contributed by atoms with Crippen molar-refractivity contribution < 1.29 is 9.53 Å². The van der Waals surface area contributed by atoms with Gasteiger partial charge in [-0.15, -0.1) is 22.7 Å². The summed E-state index contributed by atoms with van der Waals surface area (Å²) < 4.78 is 5.93. The van der Waals surface area contributed by atoms with Gasteiger partial charge in [0.05, 0.1) is 28.3 Å². The van der Waals surface area contributed by atoms with Crippen molar-refractivity contribution in [1.29, 1.82) is 0 Å². The molecule has 0 saturated carbocycles. The minimum absolute atomic E-state index is 0.193. The number of rotatable bonds is 2. The zero-order valence-corrected chi connectivity index (χ0v) is 14.2. The maximum Gasteiger partial charge on any atom is 0.415 e. The molecule has 0 aromatic carbocycles. The van der Waals surface area contributed by atoms with E-state index in [0.717, 1.165) is 48.7 Å². The molecule has 4 fully saturated rings. The molecule has 6 rings (SSSR count). The summed E-state index contributed by atoms with van der Waals surface area (Å²) in [5.74, 6) is 0.512. The Morgan fingerprint density at radius 3 is 2.83 bits per heavy atom. The van der Waals surface area contributed by atoms with E-state index in [0.29, 0.717) is 12.5 Å². The van der Waals surface area contributed by atoms with Gasteiger partial charge >= 0.3 is 6.09 Å². The van der Waals surface area contributed by atoms with E-state index in [9.17, 15) is 4.79 Å². The molecule has 4 saturated heterocycles. The molecule has 0 N–H and O–H groups in total. The van der Waals surface area contributed by atoms with E-state index >= 15 is 0 Å². The normalized spacial score (nSPS) is 32.7. The number of aromatic nitrogens is 1. The number of carbonyl (C=O) groups excluding carboxylic acids is 1. The molecule has 7 heteroatoms. The first-order valence-corrected chi connectivity index (χ1v) is 9.76. The van der Waals surface area contributed by atoms with Gasteiger partial charge in [0.15, 0.2) is 0 Å². The van der Waals surface area contributed by atoms with Gasteiger partial charge in [0.2, 0.25) is 0 Å². The quantitative estimate of drug-likeness (QED) is 0.836. The van der Waals surface area contributed by atoms with Crippen LogP contribution in [0.1, 0.15) is 12.8 Å². The number of hydrogen-bond acceptors (Lipinski definition) is 6. The molecule has 5 nitrogen and oxygen atoms in total. The van der Waals surface area contributed by atoms with Crippen LogP contribution < -0.4 is 4.90 Å². The number of carbonyl (C=O) groups is 1. The highest BCUT2D eigenvalue weighted by Gasteiger charge is 2.55. The topological polar surface area (TPSA) is 45.7 Å². The summed E-state index contributed by atoms with van der Waals surface area (Å²) in [4.78, 5) is 22.2. The van der Waals surface area contributed by atoms with Crippen LogP contribution in [0.15, 0.2) is 22.3 Å². The third-order valence-electron chi connectivity index (χ3n) is 5.34. The van der Waals surface area contributed by atoms with Gasteiger partial charge in [-0.2, -0.15) is 0 Å². The number of anilines is 1. The monoisotopic (exact) mass is 347 g/mol. The molecule has 1 spiro atoms. The number of piperidine rings is 3. The summed E-state index contributed by atoms with van der Waals surface area (Å²) in [7, 11) is 0. The van der Waals surface area contributed by atoms with Crippen molar-refractivity contribution in [2.24, 2.45) is 5.92 Å². The maximum absolute atomic E-state index is 12.5. The van der Waals surface area contributed by atoms with Crippen LogP contribution in [-0.2, 0) is 4.74 Å². The molecular weight excluding hydrogens is 330 g/mol. The molecule has 6 heterocycles. The molecule has 1 atom stereocenters. The minimum Gasteiger partial charge on any atom is -0.439 e. The van der Waals surface area contributed by atoms with Crippen LogP contribution in [0.25, 0.3) is 10.6 Å². The summed E-state index contributed by atoms with van der Waals surface area (Å²) in [5.41, 5.74) is 3.46. The molecule has 4 aliphatic heterocycles. The Morgan fingerprint density at radius 2 is 2.13 bits per heavy atom. The first kappa shape index (κ1) is 13.9. The Labute approximate surface area is 142 Å². The molecule has 1 amide bonds. The van der Waals surface area contributed by atoms with Crippen LogP contribution in [0.4, 0.5) is 10.5 Å². The molecule has 23 heavy (non-hydrogen) atoms. The van der Waals surface area contributed by atoms with Crippen molar-refractivity contribution in [2.75, 3.05) is 31.1 Å². The number of hydrogen-bond donors (Lipinski definition) is 0. The second-order valence-electron chi connectivity index (χ2n) is 6.61. The van der Waals surface area contributed by atoms with E-state index in [1.807, 2.05) is 21.2 Å². The van der Waals surface area contributed by atoms with Gasteiger partial charge in [-0.05, 0) is 32.0 Å². The Morgan fingerprint density at radius 1 is 1.26 bits per heavy atom. The van der Waals surface area contributed by atoms with Crippen molar-refractivity contribution in [1.82, 2.24) is 9.88 Å². The summed E-state index contributed by atoms with van der Waals surface area (Å²) >= 11 is 3.22. The molecule has 2 aromatic heterocycles. The number of fused-ring (bicyclic) bond motifs is 2. The highest BCUT2D eigenvalue weighted by atomic mass is 32.1. The van der Waals surface area contributed by atoms with Gasteiger partial charge in [0.1, 0.15) is 5.60 Å². The zero-order chi connectivity index (χ0) is 15.4. The fraction of sp³-hybridized carbons (Fsp3) is 0.500. The zero-order valence-electron chi connectivity index (χ0n) is 12.6. The van der Waals surface area contributed by atoms with Crippen molar-refractivity contribution >= 4 is 34.5 Å². The van der Waals surface area contributed by atoms with Crippen molar-refractivity contribution in [2.45, 2.75) is 18.4 Å². The SMILES string of the molecule is O=C1O[C@]2(CN3CCC2CC3)CN1c1csc(-c2cscn2)c1. The average Bonchev–Trinajstić information content (AvgIpc) is 3.28. The van der Waals surface area contributed by atoms with Crippen LogP contribution >= 0.6 is 22.7 Å². The molecule has 120 valence electrons. The second-order valence-corrected chi connectivity index (χ2v) is 8.24. The van der Waals surface area contributed by atoms with Crippen LogP contribution in [0.2, 0.25) is 0 Å². The fourth-order valence-electron chi connectivity index (χ4n) is 4.15. The lowest BCUT2D eigenvalue weighted by molar-refractivity contribution is -0.0881. The molecule has 0 radical (unpaired) electrons. The Kier molecular flexibility index (Phi) is 3.05. The van der Waals surface area contributed by atoms with Crippen LogP contribution in [0.5, 0.6) is 0 Å². The first-order valence-electron chi connectivity index (χ1n) is 7.93. The molecule has 0 unspecified atom stereocenters. The molecular formula is C16H17N3O2S2. The smallest absolute Gasteiger partial charge is 0.415 e. The predicted molar refractivity (Wildman–Crippen MR) is 91.1 cm³/mol. The predicted octanol–water partition coefficient (Wildman–Crippen LogP) is 3.29. The minimum atomic E-state index is -0.295. The highest BCUT2D eigenvalue weighted by molar-refractivity contribution is 7.14. The van der Waals surface area contributed by atoms with E-state index in [1.54, 1.807) is 22.7 Å². The number of thiophene rings is 1. The summed E-state index contributed by atoms with van der Waals surface area (Å²) in [5, 5.41) is 4.07. The van der Waals surface area contributed by atoms with E-state index in [4.69, 9.17) is 4.74 Å². The van der Waals surface area contributed by atoms with Gasteiger partial charge in [-0.3, -0.25) is 9.80 Å². The maximum atomic E-state index is 12.5. The van der Waals surface area contributed by atoms with E-state index < -0.39 is 0 Å². The number of ether oxygens (including phenoxy) is 1. The van der Waals surface area contributed by atoms with Gasteiger partial charge in [0.25, 0.3) is 0 Å². The average molecular weight is 347 g/mol. The van der Waals surface area contributed by atoms with Crippen LogP contribution in [0, 0.1) is 5.92 Å². The van der Waals surface area contributed by atoms with Crippen LogP contribution in [-0.4, -0.2) is 47.8 Å². The number of thiazole rings is 1. The molecule has 2 bridgehead atoms. The van der Waals surface area contributed by atoms with E-state index in [1.165, 1.54) is 0 Å². The van der Waals surface area contributed by atoms with Crippen molar-refractivity contribution in [3.63, 3.8) is 0 Å². The molecule has 2 aromatic rings. The summed E-state index contributed by atoms with van der Waals surface area (Å²) in [6, 6.07) is 2.06. The molecule has 0 aliphatic carbocycles. The van der Waals surface area contributed by atoms with Gasteiger partial charge in [0, 0.05) is 23.2 Å². The highest BCUT2D eigenvalue weighted by Crippen LogP contribution is 2.44. The van der Waals surface area contributed by atoms with E-state index in [-0.39, 0.29) is 11.7 Å². The standard InChI is InChI=1S/C16H17N3O2S2/c20-15-19(12-5-14(23-6-12)13-7-22-10-17-13)9-16(21-15)8-18-3-1-11(16)2-4-18/h5-7,10-11H,1-4,8-9H2/t16-/m1/s1. The Balaban J connectivity index is 1.43. The number of nitrogens with zero attached hydrogens (tertiary/aromatic N) is 3. The Bertz CT molecular complexity index is 736. The third-order valence-corrected chi connectivity index (χ3v) is 6.87. The van der Waals surface area contributed by atoms with Gasteiger partial charge in [-0.25, -0.2) is 9.78 Å². The summed E-state index contributed by atoms with van der Waals surface area (Å²) in [6.45, 7) is 3.87. The Hall–Kier alpha value is -1.44. The third kappa shape index (κ3) is 2.14. The lowest BCUT2D eigenvalue weighted by Gasteiger charge is -2.49. The van der Waals surface area contributed by atoms with Crippen LogP contribution in [0.3, 0.4) is 0 Å². The largest absolute Gasteiger partial charge is 0.439 e. The van der Waals surface area contributed by atoms with E-state index in [2.05, 4.69) is 16.0 Å². The van der Waals surface area contributed by atoms with Gasteiger partial charge < -0.3 is 4.74 Å².